The van der Waals surface area contributed by atoms with E-state index in [4.69, 9.17) is 4.74 Å². The number of carboxylic acids is 1. The second-order valence-electron chi connectivity index (χ2n) is 6.14. The molecular weight excluding hydrogens is 306 g/mol. The van der Waals surface area contributed by atoms with Gasteiger partial charge in [0.05, 0.1) is 13.2 Å². The Hall–Kier alpha value is -2.24. The molecule has 0 bridgehead atoms. The number of nitrogens with zero attached hydrogens (tertiary/aromatic N) is 1. The molecular formula is C19H21NO4. The van der Waals surface area contributed by atoms with Gasteiger partial charge in [-0.1, -0.05) is 42.5 Å². The molecule has 0 aliphatic carbocycles. The molecule has 0 spiro atoms. The molecule has 3 rings (SSSR count). The number of hydrogen-bond donors (Lipinski definition) is 1. The number of carbonyl (C=O) groups is 2. The van der Waals surface area contributed by atoms with Crippen LogP contribution in [-0.4, -0.2) is 53.6 Å². The summed E-state index contributed by atoms with van der Waals surface area (Å²) in [5, 5.41) is 12.0. The minimum absolute atomic E-state index is 0.152. The molecule has 1 N–H and O–H groups in total. The van der Waals surface area contributed by atoms with Gasteiger partial charge < -0.3 is 9.84 Å². The minimum atomic E-state index is -1.55. The van der Waals surface area contributed by atoms with Gasteiger partial charge in [0.1, 0.15) is 0 Å². The van der Waals surface area contributed by atoms with E-state index in [1.54, 1.807) is 4.90 Å². The summed E-state index contributed by atoms with van der Waals surface area (Å²) in [7, 11) is 0. The molecule has 1 atom stereocenters. The lowest BCUT2D eigenvalue weighted by atomic mass is 9.83. The lowest BCUT2D eigenvalue weighted by Gasteiger charge is -2.41. The Bertz CT molecular complexity index is 746. The highest BCUT2D eigenvalue weighted by Crippen LogP contribution is 2.28. The average molecular weight is 327 g/mol. The highest BCUT2D eigenvalue weighted by atomic mass is 16.5. The summed E-state index contributed by atoms with van der Waals surface area (Å²) in [6, 6.07) is 13.6. The van der Waals surface area contributed by atoms with Crippen LogP contribution in [0.15, 0.2) is 42.5 Å². The zero-order chi connectivity index (χ0) is 17.2. The zero-order valence-electron chi connectivity index (χ0n) is 13.7. The maximum atomic E-state index is 12.5. The van der Waals surface area contributed by atoms with Gasteiger partial charge in [0.15, 0.2) is 11.3 Å². The van der Waals surface area contributed by atoms with Crippen molar-refractivity contribution in [2.45, 2.75) is 18.9 Å². The summed E-state index contributed by atoms with van der Waals surface area (Å²) in [5.74, 6) is -1.44. The quantitative estimate of drug-likeness (QED) is 0.852. The molecule has 1 unspecified atom stereocenters. The van der Waals surface area contributed by atoms with Crippen LogP contribution in [-0.2, 0) is 20.7 Å². The number of ketones is 1. The predicted molar refractivity (Wildman–Crippen MR) is 91.1 cm³/mol. The Kier molecular flexibility index (Phi) is 4.64. The van der Waals surface area contributed by atoms with E-state index in [0.29, 0.717) is 26.3 Å². The van der Waals surface area contributed by atoms with Crippen LogP contribution in [0.3, 0.4) is 0 Å². The molecule has 5 heteroatoms. The van der Waals surface area contributed by atoms with Crippen LogP contribution in [0.25, 0.3) is 10.8 Å². The summed E-state index contributed by atoms with van der Waals surface area (Å²) in [5.41, 5.74) is -0.675. The van der Waals surface area contributed by atoms with Crippen LogP contribution in [0.2, 0.25) is 0 Å². The van der Waals surface area contributed by atoms with Crippen molar-refractivity contribution in [3.63, 3.8) is 0 Å². The molecule has 2 aromatic carbocycles. The largest absolute Gasteiger partial charge is 0.480 e. The first-order valence-electron chi connectivity index (χ1n) is 8.09. The highest BCUT2D eigenvalue weighted by molar-refractivity contribution is 6.07. The molecule has 1 saturated heterocycles. The number of benzene rings is 2. The molecule has 0 aromatic heterocycles. The Morgan fingerprint density at radius 2 is 1.79 bits per heavy atom. The topological polar surface area (TPSA) is 66.8 Å². The van der Waals surface area contributed by atoms with E-state index in [1.807, 2.05) is 42.5 Å². The van der Waals surface area contributed by atoms with Crippen molar-refractivity contribution in [1.82, 2.24) is 4.90 Å². The number of carbonyl (C=O) groups excluding carboxylic acids is 1. The Morgan fingerprint density at radius 1 is 1.12 bits per heavy atom. The van der Waals surface area contributed by atoms with Crippen molar-refractivity contribution in [2.75, 3.05) is 26.3 Å². The predicted octanol–water partition coefficient (Wildman–Crippen LogP) is 2.13. The number of Topliss-reactive ketones (excluding diaryl/α,β-unsaturated/α-hetero) is 1. The fourth-order valence-electron chi connectivity index (χ4n) is 3.49. The van der Waals surface area contributed by atoms with Gasteiger partial charge in [-0.15, -0.1) is 0 Å². The number of ether oxygens (including phenoxy) is 1. The molecule has 24 heavy (non-hydrogen) atoms. The van der Waals surface area contributed by atoms with Crippen LogP contribution >= 0.6 is 0 Å². The summed E-state index contributed by atoms with van der Waals surface area (Å²) in [4.78, 5) is 26.4. The minimum Gasteiger partial charge on any atom is -0.480 e. The van der Waals surface area contributed by atoms with Gasteiger partial charge in [0, 0.05) is 19.5 Å². The fourth-order valence-corrected chi connectivity index (χ4v) is 3.49. The second-order valence-corrected chi connectivity index (χ2v) is 6.14. The van der Waals surface area contributed by atoms with Crippen LogP contribution in [0.5, 0.6) is 0 Å². The van der Waals surface area contributed by atoms with E-state index in [0.717, 1.165) is 16.3 Å². The van der Waals surface area contributed by atoms with E-state index < -0.39 is 11.5 Å². The lowest BCUT2D eigenvalue weighted by molar-refractivity contribution is -0.160. The highest BCUT2D eigenvalue weighted by Gasteiger charge is 2.49. The van der Waals surface area contributed by atoms with E-state index >= 15 is 0 Å². The normalized spacial score (nSPS) is 18.2. The van der Waals surface area contributed by atoms with Crippen molar-refractivity contribution in [3.8, 4) is 0 Å². The second kappa shape index (κ2) is 6.71. The first-order valence-corrected chi connectivity index (χ1v) is 8.09. The number of carboxylic acid groups (broad SMARTS) is 1. The summed E-state index contributed by atoms with van der Waals surface area (Å²) < 4.78 is 5.33. The van der Waals surface area contributed by atoms with Crippen molar-refractivity contribution in [2.24, 2.45) is 0 Å². The molecule has 5 nitrogen and oxygen atoms in total. The van der Waals surface area contributed by atoms with Gasteiger partial charge in [-0.3, -0.25) is 9.69 Å². The number of hydrogen-bond acceptors (Lipinski definition) is 4. The van der Waals surface area contributed by atoms with Crippen LogP contribution in [0, 0.1) is 0 Å². The van der Waals surface area contributed by atoms with E-state index in [2.05, 4.69) is 0 Å². The standard InChI is InChI=1S/C19H21NO4/c1-14(21)19(18(22)23,20-9-11-24-12-10-20)13-16-7-4-6-15-5-2-3-8-17(15)16/h2-8H,9-13H2,1H3,(H,22,23). The van der Waals surface area contributed by atoms with E-state index in [9.17, 15) is 14.7 Å². The molecule has 0 radical (unpaired) electrons. The molecule has 126 valence electrons. The van der Waals surface area contributed by atoms with Crippen molar-refractivity contribution < 1.29 is 19.4 Å². The zero-order valence-corrected chi connectivity index (χ0v) is 13.7. The first-order chi connectivity index (χ1) is 11.6. The number of morpholine rings is 1. The SMILES string of the molecule is CC(=O)C(Cc1cccc2ccccc12)(C(=O)O)N1CCOCC1. The van der Waals surface area contributed by atoms with Crippen LogP contribution in [0.1, 0.15) is 12.5 Å². The smallest absolute Gasteiger partial charge is 0.332 e. The Labute approximate surface area is 140 Å². The molecule has 1 heterocycles. The van der Waals surface area contributed by atoms with Crippen molar-refractivity contribution >= 4 is 22.5 Å². The maximum absolute atomic E-state index is 12.5. The Morgan fingerprint density at radius 3 is 2.46 bits per heavy atom. The first kappa shape index (κ1) is 16.6. The fraction of sp³-hybridized carbons (Fsp3) is 0.368. The van der Waals surface area contributed by atoms with E-state index in [-0.39, 0.29) is 12.2 Å². The summed E-state index contributed by atoms with van der Waals surface area (Å²) >= 11 is 0. The number of fused-ring (bicyclic) bond motifs is 1. The monoisotopic (exact) mass is 327 g/mol. The van der Waals surface area contributed by atoms with Gasteiger partial charge in [0.2, 0.25) is 0 Å². The molecule has 0 saturated carbocycles. The summed E-state index contributed by atoms with van der Waals surface area (Å²) in [6.07, 6.45) is 0.152. The molecule has 0 amide bonds. The number of rotatable bonds is 5. The third kappa shape index (κ3) is 2.81. The third-order valence-corrected chi connectivity index (χ3v) is 4.81. The lowest BCUT2D eigenvalue weighted by Crippen LogP contribution is -2.63. The third-order valence-electron chi connectivity index (χ3n) is 4.81. The van der Waals surface area contributed by atoms with Crippen LogP contribution in [0.4, 0.5) is 0 Å². The molecule has 1 aliphatic rings. The van der Waals surface area contributed by atoms with Gasteiger partial charge >= 0.3 is 5.97 Å². The van der Waals surface area contributed by atoms with Crippen molar-refractivity contribution in [1.29, 1.82) is 0 Å². The average Bonchev–Trinajstić information content (AvgIpc) is 2.60. The van der Waals surface area contributed by atoms with Gasteiger partial charge in [-0.2, -0.15) is 0 Å². The van der Waals surface area contributed by atoms with Gasteiger partial charge in [0.25, 0.3) is 0 Å². The van der Waals surface area contributed by atoms with Gasteiger partial charge in [-0.25, -0.2) is 4.79 Å². The maximum Gasteiger partial charge on any atom is 0.332 e. The molecule has 2 aromatic rings. The van der Waals surface area contributed by atoms with Gasteiger partial charge in [-0.05, 0) is 23.3 Å². The molecule has 1 fully saturated rings. The summed E-state index contributed by atoms with van der Waals surface area (Å²) in [6.45, 7) is 3.14. The van der Waals surface area contributed by atoms with Crippen LogP contribution < -0.4 is 0 Å². The molecule has 1 aliphatic heterocycles. The van der Waals surface area contributed by atoms with Crippen molar-refractivity contribution in [3.05, 3.63) is 48.0 Å². The number of aliphatic carboxylic acids is 1. The van der Waals surface area contributed by atoms with E-state index in [1.165, 1.54) is 6.92 Å². The Balaban J connectivity index is 2.08.